The van der Waals surface area contributed by atoms with Crippen LogP contribution in [0.5, 0.6) is 5.75 Å². The van der Waals surface area contributed by atoms with Crippen LogP contribution in [0.4, 0.5) is 4.39 Å². The van der Waals surface area contributed by atoms with Gasteiger partial charge < -0.3 is 14.6 Å². The third kappa shape index (κ3) is 2.87. The number of hydrogen-bond donors (Lipinski definition) is 1. The lowest BCUT2D eigenvalue weighted by Gasteiger charge is -2.14. The first-order valence-corrected chi connectivity index (χ1v) is 5.67. The van der Waals surface area contributed by atoms with Crippen molar-refractivity contribution >= 4 is 0 Å². The Balaban J connectivity index is 2.02. The number of nitrogens with zero attached hydrogens (tertiary/aromatic N) is 1. The monoisotopic (exact) mass is 250 g/mol. The molecule has 2 aromatic rings. The zero-order valence-corrected chi connectivity index (χ0v) is 10.3. The fourth-order valence-corrected chi connectivity index (χ4v) is 1.65. The maximum absolute atomic E-state index is 13.3. The minimum absolute atomic E-state index is 0.0598. The summed E-state index contributed by atoms with van der Waals surface area (Å²) in [6, 6.07) is 6.68. The Labute approximate surface area is 105 Å². The molecule has 0 saturated carbocycles. The fourth-order valence-electron chi connectivity index (χ4n) is 1.65. The number of halogens is 1. The van der Waals surface area contributed by atoms with Crippen molar-refractivity contribution in [3.8, 4) is 5.75 Å². The number of nitrogens with one attached hydrogen (secondary N) is 1. The van der Waals surface area contributed by atoms with Gasteiger partial charge >= 0.3 is 0 Å². The van der Waals surface area contributed by atoms with Gasteiger partial charge in [0.1, 0.15) is 5.76 Å². The topological polar surface area (TPSA) is 47.3 Å². The van der Waals surface area contributed by atoms with Crippen LogP contribution in [0.2, 0.25) is 0 Å². The second-order valence-electron chi connectivity index (χ2n) is 3.98. The molecule has 1 heterocycles. The molecule has 4 nitrogen and oxygen atoms in total. The minimum Gasteiger partial charge on any atom is -0.494 e. The van der Waals surface area contributed by atoms with E-state index in [-0.39, 0.29) is 17.6 Å². The number of methoxy groups -OCH3 is 1. The Hall–Kier alpha value is -1.88. The van der Waals surface area contributed by atoms with Crippen LogP contribution in [0.15, 0.2) is 35.0 Å². The van der Waals surface area contributed by atoms with Crippen LogP contribution in [-0.2, 0) is 6.54 Å². The van der Waals surface area contributed by atoms with Crippen LogP contribution in [-0.4, -0.2) is 12.3 Å². The maximum Gasteiger partial charge on any atom is 0.165 e. The van der Waals surface area contributed by atoms with Crippen molar-refractivity contribution in [3.63, 3.8) is 0 Å². The molecule has 0 radical (unpaired) electrons. The second kappa shape index (κ2) is 5.64. The van der Waals surface area contributed by atoms with E-state index in [9.17, 15) is 4.39 Å². The van der Waals surface area contributed by atoms with Gasteiger partial charge in [-0.15, -0.1) is 0 Å². The van der Waals surface area contributed by atoms with Crippen molar-refractivity contribution in [2.24, 2.45) is 0 Å². The summed E-state index contributed by atoms with van der Waals surface area (Å²) in [6.45, 7) is 2.56. The molecule has 0 saturated heterocycles. The summed E-state index contributed by atoms with van der Waals surface area (Å²) in [5, 5.41) is 6.89. The van der Waals surface area contributed by atoms with Crippen molar-refractivity contribution in [1.29, 1.82) is 0 Å². The van der Waals surface area contributed by atoms with Crippen molar-refractivity contribution in [3.05, 3.63) is 47.6 Å². The summed E-state index contributed by atoms with van der Waals surface area (Å²) in [5.74, 6) is 0.653. The fraction of sp³-hybridized carbons (Fsp3) is 0.308. The largest absolute Gasteiger partial charge is 0.494 e. The summed E-state index contributed by atoms with van der Waals surface area (Å²) >= 11 is 0. The molecule has 1 N–H and O–H groups in total. The molecule has 0 aliphatic rings. The second-order valence-corrected chi connectivity index (χ2v) is 3.98. The SMILES string of the molecule is COc1cc(C(C)NCc2ccno2)ccc1F. The molecular formula is C13H15FN2O2. The van der Waals surface area contributed by atoms with E-state index in [0.717, 1.165) is 11.3 Å². The van der Waals surface area contributed by atoms with Gasteiger partial charge in [-0.1, -0.05) is 11.2 Å². The Bertz CT molecular complexity index is 500. The first-order chi connectivity index (χ1) is 8.70. The Morgan fingerprint density at radius 3 is 2.94 bits per heavy atom. The summed E-state index contributed by atoms with van der Waals surface area (Å²) in [4.78, 5) is 0. The van der Waals surface area contributed by atoms with E-state index in [1.807, 2.05) is 6.92 Å². The highest BCUT2D eigenvalue weighted by molar-refractivity contribution is 5.31. The molecule has 18 heavy (non-hydrogen) atoms. The smallest absolute Gasteiger partial charge is 0.165 e. The highest BCUT2D eigenvalue weighted by Crippen LogP contribution is 2.22. The maximum atomic E-state index is 13.3. The first kappa shape index (κ1) is 12.6. The molecule has 1 unspecified atom stereocenters. The van der Waals surface area contributed by atoms with Crippen molar-refractivity contribution in [1.82, 2.24) is 10.5 Å². The molecule has 0 bridgehead atoms. The van der Waals surface area contributed by atoms with Gasteiger partial charge in [-0.2, -0.15) is 0 Å². The lowest BCUT2D eigenvalue weighted by Crippen LogP contribution is -2.17. The molecule has 96 valence electrons. The van der Waals surface area contributed by atoms with E-state index in [2.05, 4.69) is 10.5 Å². The number of ether oxygens (including phenoxy) is 1. The molecular weight excluding hydrogens is 235 g/mol. The van der Waals surface area contributed by atoms with Crippen LogP contribution in [0, 0.1) is 5.82 Å². The molecule has 2 rings (SSSR count). The Kier molecular flexibility index (Phi) is 3.94. The summed E-state index contributed by atoms with van der Waals surface area (Å²) < 4.78 is 23.2. The molecule has 0 aliphatic heterocycles. The van der Waals surface area contributed by atoms with Gasteiger partial charge in [0.05, 0.1) is 19.9 Å². The normalized spacial score (nSPS) is 12.4. The third-order valence-corrected chi connectivity index (χ3v) is 2.75. The predicted octanol–water partition coefficient (Wildman–Crippen LogP) is 2.67. The van der Waals surface area contributed by atoms with Crippen molar-refractivity contribution < 1.29 is 13.7 Å². The van der Waals surface area contributed by atoms with Crippen LogP contribution < -0.4 is 10.1 Å². The highest BCUT2D eigenvalue weighted by atomic mass is 19.1. The zero-order chi connectivity index (χ0) is 13.0. The number of hydrogen-bond acceptors (Lipinski definition) is 4. The van der Waals surface area contributed by atoms with Crippen molar-refractivity contribution in [2.75, 3.05) is 7.11 Å². The highest BCUT2D eigenvalue weighted by Gasteiger charge is 2.10. The quantitative estimate of drug-likeness (QED) is 0.886. The van der Waals surface area contributed by atoms with Crippen LogP contribution >= 0.6 is 0 Å². The van der Waals surface area contributed by atoms with E-state index < -0.39 is 0 Å². The average molecular weight is 250 g/mol. The number of rotatable bonds is 5. The number of aromatic nitrogens is 1. The zero-order valence-electron chi connectivity index (χ0n) is 10.3. The predicted molar refractivity (Wildman–Crippen MR) is 64.7 cm³/mol. The van der Waals surface area contributed by atoms with Crippen molar-refractivity contribution in [2.45, 2.75) is 19.5 Å². The van der Waals surface area contributed by atoms with Gasteiger partial charge in [-0.3, -0.25) is 0 Å². The summed E-state index contributed by atoms with van der Waals surface area (Å²) in [6.07, 6.45) is 1.60. The minimum atomic E-state index is -0.358. The Morgan fingerprint density at radius 2 is 2.28 bits per heavy atom. The van der Waals surface area contributed by atoms with Gasteiger partial charge in [0, 0.05) is 12.1 Å². The standard InChI is InChI=1S/C13H15FN2O2/c1-9(15-8-11-5-6-16-18-11)10-3-4-12(14)13(7-10)17-2/h3-7,9,15H,8H2,1-2H3. The van der Waals surface area contributed by atoms with E-state index >= 15 is 0 Å². The molecule has 0 fully saturated rings. The molecule has 0 spiro atoms. The van der Waals surface area contributed by atoms with E-state index in [4.69, 9.17) is 9.26 Å². The van der Waals surface area contributed by atoms with Gasteiger partial charge in [0.2, 0.25) is 0 Å². The number of benzene rings is 1. The van der Waals surface area contributed by atoms with Crippen LogP contribution in [0.25, 0.3) is 0 Å². The van der Waals surface area contributed by atoms with E-state index in [1.54, 1.807) is 24.4 Å². The van der Waals surface area contributed by atoms with Gasteiger partial charge in [0.25, 0.3) is 0 Å². The van der Waals surface area contributed by atoms with Crippen LogP contribution in [0.1, 0.15) is 24.3 Å². The van der Waals surface area contributed by atoms with Gasteiger partial charge in [-0.25, -0.2) is 4.39 Å². The Morgan fingerprint density at radius 1 is 1.44 bits per heavy atom. The molecule has 1 aromatic heterocycles. The molecule has 1 atom stereocenters. The molecule has 0 aliphatic carbocycles. The van der Waals surface area contributed by atoms with Crippen LogP contribution in [0.3, 0.4) is 0 Å². The van der Waals surface area contributed by atoms with Gasteiger partial charge in [-0.05, 0) is 24.6 Å². The average Bonchev–Trinajstić information content (AvgIpc) is 2.89. The van der Waals surface area contributed by atoms with Gasteiger partial charge in [0.15, 0.2) is 11.6 Å². The molecule has 0 amide bonds. The first-order valence-electron chi connectivity index (χ1n) is 5.67. The summed E-state index contributed by atoms with van der Waals surface area (Å²) in [5.41, 5.74) is 0.952. The van der Waals surface area contributed by atoms with E-state index in [0.29, 0.717) is 6.54 Å². The molecule has 5 heteroatoms. The third-order valence-electron chi connectivity index (χ3n) is 2.75. The molecule has 1 aromatic carbocycles. The lowest BCUT2D eigenvalue weighted by molar-refractivity contribution is 0.365. The lowest BCUT2D eigenvalue weighted by atomic mass is 10.1. The summed E-state index contributed by atoms with van der Waals surface area (Å²) in [7, 11) is 1.45. The van der Waals surface area contributed by atoms with E-state index in [1.165, 1.54) is 13.2 Å².